The van der Waals surface area contributed by atoms with Gasteiger partial charge >= 0.3 is 0 Å². The first-order valence-corrected chi connectivity index (χ1v) is 13.9. The summed E-state index contributed by atoms with van der Waals surface area (Å²) in [6.07, 6.45) is -0.0956. The van der Waals surface area contributed by atoms with Gasteiger partial charge < -0.3 is 15.4 Å². The van der Waals surface area contributed by atoms with Crippen molar-refractivity contribution in [2.45, 2.75) is 32.4 Å². The van der Waals surface area contributed by atoms with Crippen molar-refractivity contribution in [3.05, 3.63) is 69.0 Å². The van der Waals surface area contributed by atoms with Crippen molar-refractivity contribution in [2.75, 3.05) is 13.1 Å². The monoisotopic (exact) mass is 553 g/mol. The van der Waals surface area contributed by atoms with Crippen LogP contribution in [0, 0.1) is 30.4 Å². The molecule has 4 aromatic rings. The number of piperidine rings is 1. The highest BCUT2D eigenvalue weighted by molar-refractivity contribution is 7.17. The number of carbonyl (C=O) groups is 1. The predicted octanol–water partition coefficient (Wildman–Crippen LogP) is 5.26. The Hall–Kier alpha value is -3.28. The third-order valence-electron chi connectivity index (χ3n) is 7.05. The fraction of sp³-hybridized carbons (Fsp3) is 0.333. The van der Waals surface area contributed by atoms with Crippen molar-refractivity contribution in [1.29, 1.82) is 0 Å². The molecular formula is C27H25F2N5O2S2. The van der Waals surface area contributed by atoms with E-state index in [4.69, 9.17) is 10.5 Å². The van der Waals surface area contributed by atoms with Crippen molar-refractivity contribution in [1.82, 2.24) is 19.9 Å². The highest BCUT2D eigenvalue weighted by Gasteiger charge is 2.59. The van der Waals surface area contributed by atoms with Gasteiger partial charge in [-0.1, -0.05) is 0 Å². The van der Waals surface area contributed by atoms with Gasteiger partial charge in [-0.2, -0.15) is 0 Å². The van der Waals surface area contributed by atoms with E-state index in [9.17, 15) is 13.6 Å². The molecule has 38 heavy (non-hydrogen) atoms. The van der Waals surface area contributed by atoms with Crippen LogP contribution in [0.3, 0.4) is 0 Å². The van der Waals surface area contributed by atoms with E-state index in [1.165, 1.54) is 34.8 Å². The fourth-order valence-electron chi connectivity index (χ4n) is 4.89. The molecule has 6 rings (SSSR count). The minimum absolute atomic E-state index is 0.0218. The Morgan fingerprint density at radius 1 is 1.13 bits per heavy atom. The Labute approximate surface area is 226 Å². The summed E-state index contributed by atoms with van der Waals surface area (Å²) < 4.78 is 34.2. The zero-order valence-corrected chi connectivity index (χ0v) is 22.6. The van der Waals surface area contributed by atoms with Gasteiger partial charge in [-0.3, -0.25) is 4.79 Å². The number of nitrogens with zero attached hydrogens (tertiary/aromatic N) is 4. The molecule has 1 aliphatic heterocycles. The second-order valence-electron chi connectivity index (χ2n) is 10.4. The van der Waals surface area contributed by atoms with Gasteiger partial charge in [0.25, 0.3) is 5.91 Å². The van der Waals surface area contributed by atoms with Crippen LogP contribution >= 0.6 is 22.7 Å². The van der Waals surface area contributed by atoms with E-state index in [1.54, 1.807) is 17.6 Å². The summed E-state index contributed by atoms with van der Waals surface area (Å²) in [5, 5.41) is 2.67. The summed E-state index contributed by atoms with van der Waals surface area (Å²) in [5.74, 6) is -0.671. The zero-order valence-electron chi connectivity index (χ0n) is 20.9. The van der Waals surface area contributed by atoms with Gasteiger partial charge in [0, 0.05) is 53.5 Å². The molecule has 1 aliphatic carbocycles. The first kappa shape index (κ1) is 25.0. The Balaban J connectivity index is 1.17. The number of likely N-dealkylation sites (tertiary alicyclic amines) is 1. The molecule has 0 radical (unpaired) electrons. The number of aryl methyl sites for hydroxylation is 1. The standard InChI is InChI=1S/C27H25F2N5O2S2/c1-13-24(38-25(32-13)21-11-37-12-31-21)26(35)34-9-17-18(10-34)23(17)36-22-7-14(27(2,3)30)6-20(33-22)16-5-4-15(28)8-19(16)29/h4-8,11-12,17-18,23H,9-10,30H2,1-3H3/t17-,18+,23?. The van der Waals surface area contributed by atoms with E-state index in [2.05, 4.69) is 15.0 Å². The number of benzene rings is 1. The summed E-state index contributed by atoms with van der Waals surface area (Å²) in [7, 11) is 0. The normalized spacial score (nSPS) is 20.5. The quantitative estimate of drug-likeness (QED) is 0.350. The molecule has 4 heterocycles. The predicted molar refractivity (Wildman–Crippen MR) is 142 cm³/mol. The van der Waals surface area contributed by atoms with Crippen molar-refractivity contribution in [3.8, 4) is 27.8 Å². The summed E-state index contributed by atoms with van der Waals surface area (Å²) in [6.45, 7) is 6.70. The van der Waals surface area contributed by atoms with Crippen LogP contribution in [0.1, 0.15) is 34.8 Å². The highest BCUT2D eigenvalue weighted by atomic mass is 32.1. The molecule has 2 fully saturated rings. The topological polar surface area (TPSA) is 94.2 Å². The molecule has 7 nitrogen and oxygen atoms in total. The lowest BCUT2D eigenvalue weighted by Gasteiger charge is -2.22. The first-order valence-electron chi connectivity index (χ1n) is 12.2. The number of pyridine rings is 1. The molecule has 11 heteroatoms. The maximum atomic E-state index is 14.5. The van der Waals surface area contributed by atoms with Gasteiger partial charge in [-0.25, -0.2) is 23.7 Å². The second kappa shape index (κ2) is 9.18. The molecule has 196 valence electrons. The van der Waals surface area contributed by atoms with Crippen molar-refractivity contribution < 1.29 is 18.3 Å². The van der Waals surface area contributed by atoms with Gasteiger partial charge in [0.15, 0.2) is 0 Å². The van der Waals surface area contributed by atoms with E-state index in [0.29, 0.717) is 35.2 Å². The fourth-order valence-corrected chi connectivity index (χ4v) is 6.50. The Morgan fingerprint density at radius 3 is 2.55 bits per heavy atom. The molecule has 0 spiro atoms. The summed E-state index contributed by atoms with van der Waals surface area (Å²) >= 11 is 2.87. The Bertz CT molecular complexity index is 1520. The number of nitrogens with two attached hydrogens (primary N) is 1. The van der Waals surface area contributed by atoms with Crippen LogP contribution in [0.5, 0.6) is 5.88 Å². The number of halogens is 2. The number of fused-ring (bicyclic) bond motifs is 1. The third-order valence-corrected chi connectivity index (χ3v) is 8.81. The van der Waals surface area contributed by atoms with Crippen molar-refractivity contribution >= 4 is 28.6 Å². The van der Waals surface area contributed by atoms with Crippen LogP contribution in [0.25, 0.3) is 22.0 Å². The lowest BCUT2D eigenvalue weighted by Crippen LogP contribution is -2.33. The molecule has 1 saturated carbocycles. The summed E-state index contributed by atoms with van der Waals surface area (Å²) in [6, 6.07) is 6.86. The lowest BCUT2D eigenvalue weighted by atomic mass is 9.94. The Kier molecular flexibility index (Phi) is 6.04. The molecule has 0 bridgehead atoms. The van der Waals surface area contributed by atoms with Gasteiger partial charge in [-0.15, -0.1) is 22.7 Å². The largest absolute Gasteiger partial charge is 0.474 e. The molecule has 1 amide bonds. The molecule has 2 N–H and O–H groups in total. The van der Waals surface area contributed by atoms with Crippen LogP contribution in [0.2, 0.25) is 0 Å². The van der Waals surface area contributed by atoms with Crippen LogP contribution in [0.4, 0.5) is 8.78 Å². The zero-order chi connectivity index (χ0) is 26.8. The number of carbonyl (C=O) groups excluding carboxylic acids is 1. The number of aromatic nitrogens is 3. The molecule has 3 aromatic heterocycles. The molecule has 3 atom stereocenters. The van der Waals surface area contributed by atoms with Crippen LogP contribution in [0.15, 0.2) is 41.2 Å². The molecule has 1 aromatic carbocycles. The molecule has 2 aliphatic rings. The SMILES string of the molecule is Cc1nc(-c2cscn2)sc1C(=O)N1C[C@@H]2C(Oc3cc(C(C)(C)N)cc(-c4ccc(F)cc4F)n3)[C@@H]2C1. The second-order valence-corrected chi connectivity index (χ2v) is 12.1. The van der Waals surface area contributed by atoms with Crippen LogP contribution in [-0.2, 0) is 5.54 Å². The minimum Gasteiger partial charge on any atom is -0.474 e. The highest BCUT2D eigenvalue weighted by Crippen LogP contribution is 2.48. The van der Waals surface area contributed by atoms with Gasteiger partial charge in [0.1, 0.15) is 33.3 Å². The van der Waals surface area contributed by atoms with Gasteiger partial charge in [0.2, 0.25) is 5.88 Å². The van der Waals surface area contributed by atoms with E-state index in [1.807, 2.05) is 31.1 Å². The van der Waals surface area contributed by atoms with Crippen molar-refractivity contribution in [2.24, 2.45) is 17.6 Å². The Morgan fingerprint density at radius 2 is 1.89 bits per heavy atom. The average molecular weight is 554 g/mol. The lowest BCUT2D eigenvalue weighted by molar-refractivity contribution is 0.0755. The van der Waals surface area contributed by atoms with Crippen molar-refractivity contribution in [3.63, 3.8) is 0 Å². The maximum absolute atomic E-state index is 14.5. The minimum atomic E-state index is -0.723. The number of thiazole rings is 2. The maximum Gasteiger partial charge on any atom is 0.265 e. The number of amides is 1. The number of ether oxygens (including phenoxy) is 1. The van der Waals surface area contributed by atoms with E-state index >= 15 is 0 Å². The van der Waals surface area contributed by atoms with Crippen LogP contribution in [-0.4, -0.2) is 45.0 Å². The molecular weight excluding hydrogens is 528 g/mol. The summed E-state index contributed by atoms with van der Waals surface area (Å²) in [5.41, 5.74) is 10.1. The number of rotatable bonds is 6. The van der Waals surface area contributed by atoms with E-state index in [0.717, 1.165) is 22.3 Å². The van der Waals surface area contributed by atoms with E-state index in [-0.39, 0.29) is 29.4 Å². The molecule has 1 unspecified atom stereocenters. The average Bonchev–Trinajstić information content (AvgIpc) is 3.36. The summed E-state index contributed by atoms with van der Waals surface area (Å²) in [4.78, 5) is 29.1. The van der Waals surface area contributed by atoms with Gasteiger partial charge in [0.05, 0.1) is 16.9 Å². The smallest absolute Gasteiger partial charge is 0.265 e. The number of hydrogen-bond donors (Lipinski definition) is 1. The first-order chi connectivity index (χ1) is 18.1. The molecule has 1 saturated heterocycles. The van der Waals surface area contributed by atoms with Crippen LogP contribution < -0.4 is 10.5 Å². The van der Waals surface area contributed by atoms with Gasteiger partial charge in [-0.05, 0) is 44.5 Å². The number of hydrogen-bond acceptors (Lipinski definition) is 8. The third kappa shape index (κ3) is 4.59. The van der Waals surface area contributed by atoms with E-state index < -0.39 is 17.2 Å².